The molecule has 0 saturated carbocycles. The minimum Gasteiger partial charge on any atom is -0.509 e. The topological polar surface area (TPSA) is 33.5 Å². The number of anilines is 4. The molecule has 12 rings (SSSR count). The predicted octanol–water partition coefficient (Wildman–Crippen LogP) is 20.4. The Morgan fingerprint density at radius 1 is 0.617 bits per heavy atom. The molecule has 6 heteroatoms. The Morgan fingerprint density at radius 2 is 1.27 bits per heavy atom. The third-order valence-electron chi connectivity index (χ3n) is 16.6. The fourth-order valence-electron chi connectivity index (χ4n) is 12.0. The normalized spacial score (nSPS) is 16.0. The van der Waals surface area contributed by atoms with Gasteiger partial charge in [-0.3, -0.25) is 0 Å². The van der Waals surface area contributed by atoms with Crippen LogP contribution >= 0.6 is 0 Å². The van der Waals surface area contributed by atoms with E-state index < -0.39 is 13.2 Å². The van der Waals surface area contributed by atoms with Crippen molar-refractivity contribution < 1.29 is 32.7 Å². The summed E-state index contributed by atoms with van der Waals surface area (Å²) in [7, 11) is 0. The van der Waals surface area contributed by atoms with Crippen LogP contribution in [0.3, 0.4) is 0 Å². The molecule has 2 aromatic heterocycles. The first-order chi connectivity index (χ1) is 40.1. The van der Waals surface area contributed by atoms with E-state index in [9.17, 15) is 2.74 Å². The first-order valence-electron chi connectivity index (χ1n) is 30.8. The van der Waals surface area contributed by atoms with Crippen molar-refractivity contribution >= 4 is 44.6 Å². The first-order valence-corrected chi connectivity index (χ1v) is 28.3. The molecule has 0 spiro atoms. The Labute approximate surface area is 503 Å². The molecule has 414 valence electrons. The van der Waals surface area contributed by atoms with E-state index in [-0.39, 0.29) is 54.2 Å². The van der Waals surface area contributed by atoms with Crippen molar-refractivity contribution in [2.24, 2.45) is 5.92 Å². The largest absolute Gasteiger partial charge is 0.509 e. The van der Waals surface area contributed by atoms with Crippen molar-refractivity contribution in [3.05, 3.63) is 222 Å². The van der Waals surface area contributed by atoms with Gasteiger partial charge in [-0.2, -0.15) is 12.1 Å². The van der Waals surface area contributed by atoms with Gasteiger partial charge in [0, 0.05) is 84.9 Å². The number of para-hydroxylation sites is 3. The molecule has 10 aromatic rings. The molecule has 0 amide bonds. The zero-order valence-corrected chi connectivity index (χ0v) is 51.0. The second-order valence-corrected chi connectivity index (χ2v) is 25.8. The van der Waals surface area contributed by atoms with Crippen molar-refractivity contribution in [2.75, 3.05) is 9.80 Å². The number of pyridine rings is 1. The molecule has 0 saturated heterocycles. The number of hydrogen-bond donors (Lipinski definition) is 0. The number of fused-ring (bicyclic) bond motifs is 5. The molecule has 0 atom stereocenters. The molecular weight excluding hydrogens is 1170 g/mol. The summed E-state index contributed by atoms with van der Waals surface area (Å²) in [5, 5.41) is 1.46. The third kappa shape index (κ3) is 10.5. The van der Waals surface area contributed by atoms with Crippen LogP contribution in [0, 0.1) is 31.6 Å². The van der Waals surface area contributed by atoms with Crippen LogP contribution in [0.25, 0.3) is 61.0 Å². The molecule has 0 unspecified atom stereocenters. The predicted molar refractivity (Wildman–Crippen MR) is 336 cm³/mol. The smallest absolute Gasteiger partial charge is 0.135 e. The number of rotatable bonds is 10. The van der Waals surface area contributed by atoms with E-state index in [0.717, 1.165) is 74.4 Å². The molecule has 2 aliphatic rings. The maximum Gasteiger partial charge on any atom is 0.135 e. The van der Waals surface area contributed by atoms with Crippen LogP contribution in [0.2, 0.25) is 0 Å². The molecular formula is C75H75N4OPt-3. The summed E-state index contributed by atoms with van der Waals surface area (Å²) in [5.41, 5.74) is 17.0. The molecule has 0 bridgehead atoms. The van der Waals surface area contributed by atoms with Gasteiger partial charge in [0.2, 0.25) is 0 Å². The van der Waals surface area contributed by atoms with Gasteiger partial charge in [0.25, 0.3) is 0 Å². The van der Waals surface area contributed by atoms with Gasteiger partial charge in [0.1, 0.15) is 5.82 Å². The van der Waals surface area contributed by atoms with Crippen LogP contribution in [-0.2, 0) is 49.1 Å². The fourth-order valence-corrected chi connectivity index (χ4v) is 12.0. The molecule has 5 nitrogen and oxygen atoms in total. The van der Waals surface area contributed by atoms with Gasteiger partial charge >= 0.3 is 0 Å². The van der Waals surface area contributed by atoms with Gasteiger partial charge in [0.15, 0.2) is 0 Å². The van der Waals surface area contributed by atoms with Crippen molar-refractivity contribution in [3.8, 4) is 50.7 Å². The second-order valence-electron chi connectivity index (χ2n) is 25.8. The van der Waals surface area contributed by atoms with E-state index in [0.29, 0.717) is 39.3 Å². The maximum absolute atomic E-state index is 9.69. The first kappa shape index (κ1) is 49.6. The summed E-state index contributed by atoms with van der Waals surface area (Å²) >= 11 is 0. The Morgan fingerprint density at radius 3 is 1.96 bits per heavy atom. The number of nitrogens with zero attached hydrogens (tertiary/aromatic N) is 4. The quantitative estimate of drug-likeness (QED) is 0.128. The molecule has 81 heavy (non-hydrogen) atoms. The molecule has 0 fully saturated rings. The summed E-state index contributed by atoms with van der Waals surface area (Å²) in [6.45, 7) is 26.6. The number of aryl methyl sites for hydroxylation is 1. The Hall–Kier alpha value is -7.20. The zero-order valence-electron chi connectivity index (χ0n) is 53.7. The molecule has 1 aliphatic carbocycles. The van der Waals surface area contributed by atoms with Gasteiger partial charge in [-0.25, -0.2) is 4.98 Å². The van der Waals surface area contributed by atoms with E-state index in [1.54, 1.807) is 12.1 Å². The monoisotopic (exact) mass is 1250 g/mol. The van der Waals surface area contributed by atoms with E-state index in [2.05, 4.69) is 207 Å². The Kier molecular flexibility index (Phi) is 12.8. The number of aromatic nitrogens is 2. The summed E-state index contributed by atoms with van der Waals surface area (Å²) < 4.78 is 53.3. The molecule has 1 aliphatic heterocycles. The fraction of sp³-hybridized carbons (Fsp3) is 0.280. The number of benzene rings is 8. The standard InChI is InChI=1S/C75H75N4O.Pt/c1-48(2)37-52-42-70(76-46-63(52)51-30-33-64-65(41-51)75(12,13)36-35-74(64,10)11)79-66-34-29-49(3)38-62(66)61-32-31-58(45-69(61)79)80-57-24-19-23-56(44-57)77-47-78(68-28-18-17-27-67(68)77)71-59(50-21-15-14-16-22-50)25-20-26-60(71)53-39-54(72(4,5)6)43-55(40-53)73(7,8)9;/h14-34,38-43,46-48H,35-37H2,1-13H3;/q-3;/i3D3,37D2;. The van der Waals surface area contributed by atoms with Crippen LogP contribution in [-0.4, -0.2) is 9.55 Å². The second kappa shape index (κ2) is 21.0. The van der Waals surface area contributed by atoms with E-state index in [4.69, 9.17) is 13.8 Å². The van der Waals surface area contributed by atoms with Crippen LogP contribution in [0.4, 0.5) is 22.7 Å². The summed E-state index contributed by atoms with van der Waals surface area (Å²) in [6, 6.07) is 63.4. The molecule has 0 N–H and O–H groups in total. The van der Waals surface area contributed by atoms with Gasteiger partial charge in [0.05, 0.1) is 0 Å². The molecule has 3 heterocycles. The summed E-state index contributed by atoms with van der Waals surface area (Å²) in [4.78, 5) is 9.66. The van der Waals surface area contributed by atoms with Crippen molar-refractivity contribution in [1.29, 1.82) is 0 Å². The van der Waals surface area contributed by atoms with Gasteiger partial charge in [-0.05, 0) is 128 Å². The number of hydrogen-bond acceptors (Lipinski definition) is 4. The van der Waals surface area contributed by atoms with Crippen LogP contribution in [0.15, 0.2) is 170 Å². The zero-order chi connectivity index (χ0) is 60.3. The van der Waals surface area contributed by atoms with Gasteiger partial charge in [-0.15, -0.1) is 48.1 Å². The van der Waals surface area contributed by atoms with Crippen molar-refractivity contribution in [3.63, 3.8) is 0 Å². The maximum atomic E-state index is 9.69. The van der Waals surface area contributed by atoms with Crippen molar-refractivity contribution in [2.45, 2.75) is 131 Å². The van der Waals surface area contributed by atoms with E-state index in [1.807, 2.05) is 67.1 Å². The number of ether oxygens (including phenoxy) is 1. The van der Waals surface area contributed by atoms with Crippen LogP contribution in [0.1, 0.15) is 136 Å². The van der Waals surface area contributed by atoms with E-state index in [1.165, 1.54) is 22.3 Å². The van der Waals surface area contributed by atoms with Crippen molar-refractivity contribution in [1.82, 2.24) is 9.55 Å². The SMILES string of the molecule is [2H]C([2H])([2H])c1ccc2c(c1)c1ccc(Oc3[c-]c(N4[CH-]N(c5c(-c6ccccc6)cccc5-c5cc(C(C)(C)C)cc(C(C)(C)C)c5)c5ccccc54)ccc3)[c-]c1n2-c1cc(C([2H])([2H])C(C)C)c(-c2ccc3c(c2)C(C)(C)CCC3(C)C)cn1.[Pt]. The third-order valence-corrected chi connectivity index (χ3v) is 16.6. The van der Waals surface area contributed by atoms with E-state index >= 15 is 0 Å². The van der Waals surface area contributed by atoms with Crippen LogP contribution in [0.5, 0.6) is 11.5 Å². The Balaban J connectivity index is 0.00000768. The van der Waals surface area contributed by atoms with Gasteiger partial charge in [-0.1, -0.05) is 203 Å². The average Bonchev–Trinajstić information content (AvgIpc) is 1.48. The van der Waals surface area contributed by atoms with Gasteiger partial charge < -0.3 is 19.1 Å². The minimum absolute atomic E-state index is 0. The average molecular weight is 1250 g/mol. The molecule has 8 aromatic carbocycles. The summed E-state index contributed by atoms with van der Waals surface area (Å²) in [5.74, 6) is 0.988. The summed E-state index contributed by atoms with van der Waals surface area (Å²) in [6.07, 6.45) is 2.21. The minimum atomic E-state index is -2.35. The Bertz CT molecular complexity index is 4210. The van der Waals surface area contributed by atoms with Crippen LogP contribution < -0.4 is 14.5 Å². The molecule has 0 radical (unpaired) electrons.